The van der Waals surface area contributed by atoms with Crippen LogP contribution < -0.4 is 5.69 Å². The molecule has 2 aromatic rings. The molecule has 0 unspecified atom stereocenters. The van der Waals surface area contributed by atoms with Crippen molar-refractivity contribution >= 4 is 0 Å². The predicted molar refractivity (Wildman–Crippen MR) is 64.4 cm³/mol. The molecule has 2 rings (SSSR count). The average Bonchev–Trinajstić information content (AvgIpc) is 2.66. The topological polar surface area (TPSA) is 26.9 Å². The van der Waals surface area contributed by atoms with E-state index in [1.165, 1.54) is 16.7 Å². The van der Waals surface area contributed by atoms with E-state index in [1.807, 2.05) is 6.92 Å². The third kappa shape index (κ3) is 2.50. The number of hydrogen-bond donors (Lipinski definition) is 0. The molecule has 0 N–H and O–H groups in total. The van der Waals surface area contributed by atoms with Crippen LogP contribution in [0.25, 0.3) is 0 Å². The number of nitrogens with zero attached hydrogens (tertiary/aromatic N) is 2. The molecule has 0 spiro atoms. The Balaban J connectivity index is 2.26. The number of aromatic nitrogens is 2. The number of aryl methyl sites for hydroxylation is 1. The van der Waals surface area contributed by atoms with Crippen LogP contribution in [0.5, 0.6) is 0 Å². The van der Waals surface area contributed by atoms with Crippen molar-refractivity contribution in [2.45, 2.75) is 26.4 Å². The zero-order valence-electron chi connectivity index (χ0n) is 10.1. The highest BCUT2D eigenvalue weighted by molar-refractivity contribution is 5.18. The van der Waals surface area contributed by atoms with Gasteiger partial charge in [-0.25, -0.2) is 13.6 Å². The molecule has 5 heteroatoms. The molecule has 1 aromatic carbocycles. The lowest BCUT2D eigenvalue weighted by atomic mass is 10.2. The Kier molecular flexibility index (Phi) is 3.60. The maximum Gasteiger partial charge on any atom is 0.328 e. The lowest BCUT2D eigenvalue weighted by molar-refractivity contribution is 0.560. The molecule has 0 amide bonds. The van der Waals surface area contributed by atoms with Gasteiger partial charge in [-0.1, -0.05) is 13.0 Å². The molecule has 18 heavy (non-hydrogen) atoms. The summed E-state index contributed by atoms with van der Waals surface area (Å²) in [7, 11) is 0. The Hall–Kier alpha value is -1.91. The Morgan fingerprint density at radius 3 is 2.56 bits per heavy atom. The van der Waals surface area contributed by atoms with E-state index in [4.69, 9.17) is 0 Å². The van der Waals surface area contributed by atoms with Crippen molar-refractivity contribution in [1.29, 1.82) is 0 Å². The van der Waals surface area contributed by atoms with Crippen molar-refractivity contribution in [3.05, 3.63) is 58.3 Å². The first-order valence-electron chi connectivity index (χ1n) is 5.81. The molecule has 1 heterocycles. The van der Waals surface area contributed by atoms with Crippen LogP contribution >= 0.6 is 0 Å². The molecular weight excluding hydrogens is 238 g/mol. The van der Waals surface area contributed by atoms with Gasteiger partial charge in [0.05, 0.1) is 6.54 Å². The summed E-state index contributed by atoms with van der Waals surface area (Å²) in [5.74, 6) is -1.25. The second kappa shape index (κ2) is 5.16. The van der Waals surface area contributed by atoms with E-state index in [0.29, 0.717) is 12.1 Å². The molecule has 0 aliphatic rings. The average molecular weight is 252 g/mol. The third-order valence-electron chi connectivity index (χ3n) is 2.74. The minimum absolute atomic E-state index is 0.113. The summed E-state index contributed by atoms with van der Waals surface area (Å²) in [4.78, 5) is 11.9. The first-order valence-corrected chi connectivity index (χ1v) is 5.81. The van der Waals surface area contributed by atoms with Gasteiger partial charge < -0.3 is 0 Å². The van der Waals surface area contributed by atoms with Crippen molar-refractivity contribution in [3.63, 3.8) is 0 Å². The monoisotopic (exact) mass is 252 g/mol. The Labute approximate surface area is 103 Å². The molecule has 0 bridgehead atoms. The van der Waals surface area contributed by atoms with Crippen LogP contribution in [0.3, 0.4) is 0 Å². The Morgan fingerprint density at radius 1 is 1.17 bits per heavy atom. The van der Waals surface area contributed by atoms with Crippen LogP contribution in [0.2, 0.25) is 0 Å². The van der Waals surface area contributed by atoms with E-state index in [2.05, 4.69) is 0 Å². The number of hydrogen-bond acceptors (Lipinski definition) is 1. The highest BCUT2D eigenvalue weighted by Gasteiger charge is 2.07. The van der Waals surface area contributed by atoms with Crippen LogP contribution in [0, 0.1) is 11.6 Å². The van der Waals surface area contributed by atoms with Crippen molar-refractivity contribution in [3.8, 4) is 0 Å². The molecule has 0 aliphatic carbocycles. The van der Waals surface area contributed by atoms with Gasteiger partial charge in [0.25, 0.3) is 0 Å². The van der Waals surface area contributed by atoms with Gasteiger partial charge in [-0.3, -0.25) is 9.13 Å². The smallest absolute Gasteiger partial charge is 0.299 e. The fourth-order valence-electron chi connectivity index (χ4n) is 1.82. The van der Waals surface area contributed by atoms with Crippen LogP contribution in [-0.2, 0) is 13.1 Å². The maximum absolute atomic E-state index is 13.5. The fourth-order valence-corrected chi connectivity index (χ4v) is 1.82. The SMILES string of the molecule is CCCn1ccn(Cc2ccc(F)cc2F)c1=O. The van der Waals surface area contributed by atoms with Crippen LogP contribution in [-0.4, -0.2) is 9.13 Å². The minimum Gasteiger partial charge on any atom is -0.299 e. The zero-order valence-corrected chi connectivity index (χ0v) is 10.1. The number of halogens is 2. The highest BCUT2D eigenvalue weighted by Crippen LogP contribution is 2.10. The summed E-state index contributed by atoms with van der Waals surface area (Å²) in [5, 5.41) is 0. The first-order chi connectivity index (χ1) is 8.61. The molecule has 0 aliphatic heterocycles. The van der Waals surface area contributed by atoms with Crippen molar-refractivity contribution < 1.29 is 8.78 Å². The summed E-state index contributed by atoms with van der Waals surface area (Å²) < 4.78 is 29.2. The van der Waals surface area contributed by atoms with Crippen molar-refractivity contribution in [2.75, 3.05) is 0 Å². The largest absolute Gasteiger partial charge is 0.328 e. The van der Waals surface area contributed by atoms with Gasteiger partial charge in [0, 0.05) is 30.6 Å². The van der Waals surface area contributed by atoms with Gasteiger partial charge in [0.1, 0.15) is 11.6 Å². The van der Waals surface area contributed by atoms with E-state index in [-0.39, 0.29) is 12.2 Å². The maximum atomic E-state index is 13.5. The summed E-state index contributed by atoms with van der Waals surface area (Å²) in [6, 6.07) is 3.37. The summed E-state index contributed by atoms with van der Waals surface area (Å²) in [5.41, 5.74) is 0.119. The molecule has 0 fully saturated rings. The van der Waals surface area contributed by atoms with Crippen molar-refractivity contribution in [1.82, 2.24) is 9.13 Å². The van der Waals surface area contributed by atoms with Gasteiger partial charge in [0.15, 0.2) is 0 Å². The van der Waals surface area contributed by atoms with Crippen molar-refractivity contribution in [2.24, 2.45) is 0 Å². The molecule has 96 valence electrons. The molecule has 3 nitrogen and oxygen atoms in total. The van der Waals surface area contributed by atoms with Gasteiger partial charge >= 0.3 is 5.69 Å². The molecular formula is C13H14F2N2O. The van der Waals surface area contributed by atoms with Crippen LogP contribution in [0.15, 0.2) is 35.4 Å². The highest BCUT2D eigenvalue weighted by atomic mass is 19.1. The minimum atomic E-state index is -0.634. The summed E-state index contributed by atoms with van der Waals surface area (Å²) in [6.07, 6.45) is 4.14. The fraction of sp³-hybridized carbons (Fsp3) is 0.308. The van der Waals surface area contributed by atoms with Gasteiger partial charge in [0.2, 0.25) is 0 Å². The predicted octanol–water partition coefficient (Wildman–Crippen LogP) is 2.39. The molecule has 0 saturated carbocycles. The van der Waals surface area contributed by atoms with Gasteiger partial charge in [-0.05, 0) is 12.5 Å². The van der Waals surface area contributed by atoms with E-state index < -0.39 is 11.6 Å². The lowest BCUT2D eigenvalue weighted by Crippen LogP contribution is -2.24. The zero-order chi connectivity index (χ0) is 13.1. The third-order valence-corrected chi connectivity index (χ3v) is 2.74. The Morgan fingerprint density at radius 2 is 1.89 bits per heavy atom. The second-order valence-electron chi connectivity index (χ2n) is 4.14. The lowest BCUT2D eigenvalue weighted by Gasteiger charge is -2.04. The summed E-state index contributed by atoms with van der Waals surface area (Å²) >= 11 is 0. The second-order valence-corrected chi connectivity index (χ2v) is 4.14. The van der Waals surface area contributed by atoms with E-state index in [1.54, 1.807) is 17.0 Å². The first kappa shape index (κ1) is 12.5. The van der Waals surface area contributed by atoms with E-state index in [0.717, 1.165) is 12.5 Å². The number of benzene rings is 1. The molecule has 0 radical (unpaired) electrons. The number of rotatable bonds is 4. The van der Waals surface area contributed by atoms with Gasteiger partial charge in [-0.2, -0.15) is 0 Å². The Bertz CT molecular complexity index is 601. The van der Waals surface area contributed by atoms with Crippen LogP contribution in [0.4, 0.5) is 8.78 Å². The standard InChI is InChI=1S/C13H14F2N2O/c1-2-5-16-6-7-17(13(16)18)9-10-3-4-11(14)8-12(10)15/h3-4,6-8H,2,5,9H2,1H3. The van der Waals surface area contributed by atoms with Gasteiger partial charge in [-0.15, -0.1) is 0 Å². The van der Waals surface area contributed by atoms with E-state index in [9.17, 15) is 13.6 Å². The molecule has 0 atom stereocenters. The molecule has 0 saturated heterocycles. The van der Waals surface area contributed by atoms with Crippen LogP contribution in [0.1, 0.15) is 18.9 Å². The van der Waals surface area contributed by atoms with E-state index >= 15 is 0 Å². The summed E-state index contributed by atoms with van der Waals surface area (Å²) in [6.45, 7) is 2.73. The molecule has 1 aromatic heterocycles. The quantitative estimate of drug-likeness (QED) is 0.820. The normalized spacial score (nSPS) is 10.8. The number of imidazole rings is 1.